The first kappa shape index (κ1) is 14.1. The molecule has 98 valence electrons. The van der Waals surface area contributed by atoms with Crippen molar-refractivity contribution in [3.8, 4) is 0 Å². The molecule has 0 unspecified atom stereocenters. The molecule has 6 heteroatoms. The number of halogens is 1. The fraction of sp³-hybridized carbons (Fsp3) is 0.818. The zero-order valence-electron chi connectivity index (χ0n) is 10.4. The molecule has 1 amide bonds. The van der Waals surface area contributed by atoms with Gasteiger partial charge in [-0.1, -0.05) is 11.6 Å². The van der Waals surface area contributed by atoms with Gasteiger partial charge in [0.1, 0.15) is 11.6 Å². The van der Waals surface area contributed by atoms with Gasteiger partial charge in [-0.05, 0) is 33.6 Å². The third-order valence-corrected chi connectivity index (χ3v) is 2.46. The molecule has 5 nitrogen and oxygen atoms in total. The first-order valence-electron chi connectivity index (χ1n) is 5.57. The fourth-order valence-electron chi connectivity index (χ4n) is 1.70. The molecule has 0 saturated carbocycles. The maximum atomic E-state index is 11.8. The number of alkyl halides is 1. The van der Waals surface area contributed by atoms with Crippen molar-refractivity contribution in [2.24, 2.45) is 0 Å². The molecule has 1 aliphatic heterocycles. The fourth-order valence-corrected chi connectivity index (χ4v) is 1.81. The maximum Gasteiger partial charge on any atom is 0.411 e. The predicted octanol–water partition coefficient (Wildman–Crippen LogP) is 2.13. The van der Waals surface area contributed by atoms with Crippen LogP contribution in [0.5, 0.6) is 0 Å². The Balaban J connectivity index is 2.63. The molecule has 0 aromatic rings. The van der Waals surface area contributed by atoms with Crippen LogP contribution in [0.4, 0.5) is 4.79 Å². The SMILES string of the molecule is CC(C)(C)OC(=O)N1CCC[C@H]1C(=O)OCCl. The van der Waals surface area contributed by atoms with Gasteiger partial charge in [-0.25, -0.2) is 9.59 Å². The topological polar surface area (TPSA) is 55.8 Å². The van der Waals surface area contributed by atoms with Gasteiger partial charge >= 0.3 is 12.1 Å². The minimum Gasteiger partial charge on any atom is -0.448 e. The zero-order chi connectivity index (χ0) is 13.1. The summed E-state index contributed by atoms with van der Waals surface area (Å²) in [7, 11) is 0. The third kappa shape index (κ3) is 4.07. The summed E-state index contributed by atoms with van der Waals surface area (Å²) in [6.45, 7) is 5.87. The Kier molecular flexibility index (Phi) is 4.62. The summed E-state index contributed by atoms with van der Waals surface area (Å²) in [5, 5.41) is 0. The number of hydrogen-bond acceptors (Lipinski definition) is 4. The smallest absolute Gasteiger partial charge is 0.411 e. The molecule has 0 aromatic heterocycles. The van der Waals surface area contributed by atoms with Crippen molar-refractivity contribution in [1.82, 2.24) is 4.90 Å². The van der Waals surface area contributed by atoms with E-state index in [1.54, 1.807) is 20.8 Å². The highest BCUT2D eigenvalue weighted by Gasteiger charge is 2.37. The quantitative estimate of drug-likeness (QED) is 0.566. The lowest BCUT2D eigenvalue weighted by molar-refractivity contribution is -0.146. The van der Waals surface area contributed by atoms with E-state index in [0.717, 1.165) is 6.42 Å². The van der Waals surface area contributed by atoms with Crippen LogP contribution < -0.4 is 0 Å². The lowest BCUT2D eigenvalue weighted by Crippen LogP contribution is -2.43. The summed E-state index contributed by atoms with van der Waals surface area (Å²) >= 11 is 5.33. The monoisotopic (exact) mass is 263 g/mol. The zero-order valence-corrected chi connectivity index (χ0v) is 11.1. The van der Waals surface area contributed by atoms with E-state index in [9.17, 15) is 9.59 Å². The normalized spacial score (nSPS) is 20.2. The lowest BCUT2D eigenvalue weighted by atomic mass is 10.2. The van der Waals surface area contributed by atoms with Crippen LogP contribution in [0.3, 0.4) is 0 Å². The molecule has 1 atom stereocenters. The number of rotatable bonds is 2. The highest BCUT2D eigenvalue weighted by molar-refractivity contribution is 6.17. The van der Waals surface area contributed by atoms with Crippen molar-refractivity contribution in [3.63, 3.8) is 0 Å². The van der Waals surface area contributed by atoms with Crippen LogP contribution in [0, 0.1) is 0 Å². The minimum absolute atomic E-state index is 0.197. The second-order valence-corrected chi connectivity index (χ2v) is 5.12. The Morgan fingerprint density at radius 1 is 1.41 bits per heavy atom. The maximum absolute atomic E-state index is 11.8. The third-order valence-electron chi connectivity index (χ3n) is 2.35. The van der Waals surface area contributed by atoms with Gasteiger partial charge in [0.05, 0.1) is 0 Å². The average Bonchev–Trinajstić information content (AvgIpc) is 2.63. The van der Waals surface area contributed by atoms with E-state index in [1.165, 1.54) is 4.90 Å². The van der Waals surface area contributed by atoms with Crippen LogP contribution in [0.1, 0.15) is 33.6 Å². The van der Waals surface area contributed by atoms with Crippen LogP contribution in [-0.4, -0.2) is 41.2 Å². The lowest BCUT2D eigenvalue weighted by Gasteiger charge is -2.27. The van der Waals surface area contributed by atoms with Gasteiger partial charge in [0, 0.05) is 6.54 Å². The summed E-state index contributed by atoms with van der Waals surface area (Å²) < 4.78 is 9.94. The van der Waals surface area contributed by atoms with Crippen molar-refractivity contribution >= 4 is 23.7 Å². The molecule has 0 aromatic carbocycles. The van der Waals surface area contributed by atoms with E-state index in [1.807, 2.05) is 0 Å². The van der Waals surface area contributed by atoms with Crippen molar-refractivity contribution in [2.75, 3.05) is 12.6 Å². The molecule has 0 spiro atoms. The van der Waals surface area contributed by atoms with Crippen LogP contribution in [0.15, 0.2) is 0 Å². The Morgan fingerprint density at radius 2 is 2.06 bits per heavy atom. The molecule has 0 aliphatic carbocycles. The highest BCUT2D eigenvalue weighted by atomic mass is 35.5. The molecular formula is C11H18ClNO4. The number of nitrogens with zero attached hydrogens (tertiary/aromatic N) is 1. The van der Waals surface area contributed by atoms with Gasteiger partial charge in [-0.3, -0.25) is 4.90 Å². The van der Waals surface area contributed by atoms with E-state index in [-0.39, 0.29) is 6.07 Å². The predicted molar refractivity (Wildman–Crippen MR) is 62.8 cm³/mol. The van der Waals surface area contributed by atoms with Crippen molar-refractivity contribution in [2.45, 2.75) is 45.3 Å². The Labute approximate surface area is 106 Å². The van der Waals surface area contributed by atoms with Crippen LogP contribution >= 0.6 is 11.6 Å². The van der Waals surface area contributed by atoms with Crippen molar-refractivity contribution < 1.29 is 19.1 Å². The Bertz CT molecular complexity index is 300. The summed E-state index contributed by atoms with van der Waals surface area (Å²) in [4.78, 5) is 24.8. The Hall–Kier alpha value is -0.970. The second kappa shape index (κ2) is 5.58. The molecule has 1 fully saturated rings. The van der Waals surface area contributed by atoms with Gasteiger partial charge in [-0.2, -0.15) is 0 Å². The van der Waals surface area contributed by atoms with E-state index in [2.05, 4.69) is 0 Å². The van der Waals surface area contributed by atoms with Crippen LogP contribution in [0.25, 0.3) is 0 Å². The number of amides is 1. The molecular weight excluding hydrogens is 246 g/mol. The number of carbonyl (C=O) groups excluding carboxylic acids is 2. The first-order valence-corrected chi connectivity index (χ1v) is 6.11. The second-order valence-electron chi connectivity index (χ2n) is 4.90. The molecule has 1 aliphatic rings. The Morgan fingerprint density at radius 3 is 2.59 bits per heavy atom. The summed E-state index contributed by atoms with van der Waals surface area (Å²) in [5.41, 5.74) is -0.569. The van der Waals surface area contributed by atoms with E-state index >= 15 is 0 Å². The number of hydrogen-bond donors (Lipinski definition) is 0. The molecule has 0 bridgehead atoms. The number of esters is 1. The largest absolute Gasteiger partial charge is 0.448 e. The van der Waals surface area contributed by atoms with Crippen molar-refractivity contribution in [3.05, 3.63) is 0 Å². The van der Waals surface area contributed by atoms with E-state index in [0.29, 0.717) is 13.0 Å². The number of carbonyl (C=O) groups is 2. The number of likely N-dealkylation sites (tertiary alicyclic amines) is 1. The average molecular weight is 264 g/mol. The van der Waals surface area contributed by atoms with Crippen LogP contribution in [-0.2, 0) is 14.3 Å². The molecule has 0 N–H and O–H groups in total. The standard InChI is InChI=1S/C11H18ClNO4/c1-11(2,3)17-10(15)13-6-4-5-8(13)9(14)16-7-12/h8H,4-7H2,1-3H3/t8-/m0/s1. The highest BCUT2D eigenvalue weighted by Crippen LogP contribution is 2.21. The molecule has 1 heterocycles. The molecule has 17 heavy (non-hydrogen) atoms. The summed E-state index contributed by atoms with van der Waals surface area (Å²) in [6, 6.07) is -0.763. The van der Waals surface area contributed by atoms with Gasteiger partial charge in [0.2, 0.25) is 0 Å². The first-order chi connectivity index (χ1) is 7.85. The summed E-state index contributed by atoms with van der Waals surface area (Å²) in [5.74, 6) is -0.469. The van der Waals surface area contributed by atoms with Crippen molar-refractivity contribution in [1.29, 1.82) is 0 Å². The molecule has 0 radical (unpaired) electrons. The summed E-state index contributed by atoms with van der Waals surface area (Å²) in [6.07, 6.45) is 0.877. The van der Waals surface area contributed by atoms with Gasteiger partial charge in [-0.15, -0.1) is 0 Å². The van der Waals surface area contributed by atoms with Gasteiger partial charge < -0.3 is 9.47 Å². The molecule has 1 rings (SSSR count). The van der Waals surface area contributed by atoms with E-state index in [4.69, 9.17) is 21.1 Å². The van der Waals surface area contributed by atoms with Gasteiger partial charge in [0.15, 0.2) is 6.07 Å². The minimum atomic E-state index is -0.569. The van der Waals surface area contributed by atoms with E-state index < -0.39 is 23.7 Å². The van der Waals surface area contributed by atoms with Crippen LogP contribution in [0.2, 0.25) is 0 Å². The number of ether oxygens (including phenoxy) is 2. The van der Waals surface area contributed by atoms with Gasteiger partial charge in [0.25, 0.3) is 0 Å². The molecule has 1 saturated heterocycles.